The first-order chi connectivity index (χ1) is 14.5. The molecule has 0 saturated heterocycles. The highest BCUT2D eigenvalue weighted by Crippen LogP contribution is 2.24. The fourth-order valence-corrected chi connectivity index (χ4v) is 3.23. The van der Waals surface area contributed by atoms with E-state index in [0.717, 1.165) is 26.1 Å². The first kappa shape index (κ1) is 21.6. The summed E-state index contributed by atoms with van der Waals surface area (Å²) in [4.78, 5) is 31.4. The zero-order chi connectivity index (χ0) is 21.5. The lowest BCUT2D eigenvalue weighted by Gasteiger charge is -2.17. The Morgan fingerprint density at radius 1 is 1.23 bits per heavy atom. The minimum absolute atomic E-state index is 0.108. The van der Waals surface area contributed by atoms with Gasteiger partial charge in [-0.3, -0.25) is 14.2 Å². The van der Waals surface area contributed by atoms with Crippen molar-refractivity contribution in [3.63, 3.8) is 0 Å². The molecular weight excluding hydrogens is 389 g/mol. The predicted octanol–water partition coefficient (Wildman–Crippen LogP) is 2.43. The summed E-state index contributed by atoms with van der Waals surface area (Å²) in [5.41, 5.74) is 0.613. The largest absolute Gasteiger partial charge is 0.356 e. The number of benzene rings is 1. The maximum absolute atomic E-state index is 13.2. The Kier molecular flexibility index (Phi) is 7.29. The van der Waals surface area contributed by atoms with Gasteiger partial charge in [-0.25, -0.2) is 9.37 Å². The van der Waals surface area contributed by atoms with E-state index < -0.39 is 0 Å². The van der Waals surface area contributed by atoms with E-state index in [4.69, 9.17) is 4.52 Å². The number of fused-ring (bicyclic) bond motifs is 1. The minimum Gasteiger partial charge on any atom is -0.356 e. The molecule has 0 atom stereocenters. The van der Waals surface area contributed by atoms with Gasteiger partial charge in [-0.15, -0.1) is 0 Å². The van der Waals surface area contributed by atoms with Crippen LogP contribution in [0.15, 0.2) is 39.9 Å². The van der Waals surface area contributed by atoms with Gasteiger partial charge in [0.15, 0.2) is 0 Å². The van der Waals surface area contributed by atoms with E-state index in [1.54, 1.807) is 0 Å². The molecular formula is C21H26FN5O3. The summed E-state index contributed by atoms with van der Waals surface area (Å²) in [6, 6.07) is 5.62. The third-order valence-electron chi connectivity index (χ3n) is 5.03. The lowest BCUT2D eigenvalue weighted by molar-refractivity contribution is -0.121. The van der Waals surface area contributed by atoms with Crippen LogP contribution in [0.2, 0.25) is 0 Å². The molecule has 1 N–H and O–H groups in total. The molecule has 2 aromatic heterocycles. The van der Waals surface area contributed by atoms with Crippen LogP contribution in [0.1, 0.15) is 26.7 Å². The number of carbonyl (C=O) groups is 1. The van der Waals surface area contributed by atoms with Crippen LogP contribution in [0.5, 0.6) is 0 Å². The van der Waals surface area contributed by atoms with E-state index in [1.165, 1.54) is 35.2 Å². The molecule has 1 amide bonds. The van der Waals surface area contributed by atoms with Crippen molar-refractivity contribution in [3.8, 4) is 11.3 Å². The fraction of sp³-hybridized carbons (Fsp3) is 0.429. The van der Waals surface area contributed by atoms with Crippen molar-refractivity contribution in [2.24, 2.45) is 0 Å². The van der Waals surface area contributed by atoms with Crippen LogP contribution in [0.25, 0.3) is 22.4 Å². The fourth-order valence-electron chi connectivity index (χ4n) is 3.23. The number of rotatable bonds is 10. The van der Waals surface area contributed by atoms with Gasteiger partial charge >= 0.3 is 0 Å². The molecule has 0 fully saturated rings. The molecule has 8 nitrogen and oxygen atoms in total. The first-order valence-electron chi connectivity index (χ1n) is 10.1. The Morgan fingerprint density at radius 2 is 1.97 bits per heavy atom. The van der Waals surface area contributed by atoms with E-state index in [0.29, 0.717) is 17.8 Å². The van der Waals surface area contributed by atoms with E-state index in [9.17, 15) is 14.0 Å². The third-order valence-corrected chi connectivity index (χ3v) is 5.03. The smallest absolute Gasteiger partial charge is 0.266 e. The summed E-state index contributed by atoms with van der Waals surface area (Å²) >= 11 is 0. The first-order valence-corrected chi connectivity index (χ1v) is 10.1. The predicted molar refractivity (Wildman–Crippen MR) is 111 cm³/mol. The molecule has 160 valence electrons. The van der Waals surface area contributed by atoms with Crippen molar-refractivity contribution < 1.29 is 13.7 Å². The SMILES string of the molecule is CCN(CC)CCCNC(=O)CCn1cnc2onc(-c3ccc(F)cc3)c2c1=O. The van der Waals surface area contributed by atoms with Gasteiger partial charge in [0.05, 0.1) is 0 Å². The quantitative estimate of drug-likeness (QED) is 0.511. The van der Waals surface area contributed by atoms with Crippen molar-refractivity contribution in [1.29, 1.82) is 0 Å². The topological polar surface area (TPSA) is 93.3 Å². The molecule has 30 heavy (non-hydrogen) atoms. The summed E-state index contributed by atoms with van der Waals surface area (Å²) in [6.45, 7) is 7.94. The van der Waals surface area contributed by atoms with E-state index in [1.807, 2.05) is 0 Å². The summed E-state index contributed by atoms with van der Waals surface area (Å²) in [6.07, 6.45) is 2.38. The molecule has 0 bridgehead atoms. The van der Waals surface area contributed by atoms with Gasteiger partial charge in [-0.1, -0.05) is 19.0 Å². The van der Waals surface area contributed by atoms with Crippen LogP contribution in [0, 0.1) is 5.82 Å². The van der Waals surface area contributed by atoms with Crippen LogP contribution in [0.4, 0.5) is 4.39 Å². The van der Waals surface area contributed by atoms with E-state index in [-0.39, 0.29) is 41.3 Å². The molecule has 3 aromatic rings. The molecule has 9 heteroatoms. The van der Waals surface area contributed by atoms with Crippen molar-refractivity contribution in [2.45, 2.75) is 33.2 Å². The zero-order valence-electron chi connectivity index (χ0n) is 17.2. The Labute approximate surface area is 173 Å². The molecule has 0 aliphatic heterocycles. The average Bonchev–Trinajstić information content (AvgIpc) is 3.19. The highest BCUT2D eigenvalue weighted by atomic mass is 19.1. The molecule has 0 aliphatic rings. The van der Waals surface area contributed by atoms with Crippen molar-refractivity contribution in [2.75, 3.05) is 26.2 Å². The Hall–Kier alpha value is -3.07. The van der Waals surface area contributed by atoms with Gasteiger partial charge in [0.1, 0.15) is 23.2 Å². The van der Waals surface area contributed by atoms with Crippen LogP contribution >= 0.6 is 0 Å². The molecule has 3 rings (SSSR count). The monoisotopic (exact) mass is 415 g/mol. The van der Waals surface area contributed by atoms with E-state index in [2.05, 4.69) is 34.2 Å². The van der Waals surface area contributed by atoms with Crippen LogP contribution < -0.4 is 10.9 Å². The summed E-state index contributed by atoms with van der Waals surface area (Å²) in [5, 5.41) is 7.01. The van der Waals surface area contributed by atoms with Crippen molar-refractivity contribution in [3.05, 3.63) is 46.8 Å². The molecule has 0 radical (unpaired) electrons. The van der Waals surface area contributed by atoms with Gasteiger partial charge in [0, 0.05) is 25.1 Å². The molecule has 0 unspecified atom stereocenters. The number of aryl methyl sites for hydroxylation is 1. The molecule has 1 aromatic carbocycles. The van der Waals surface area contributed by atoms with Crippen molar-refractivity contribution >= 4 is 17.0 Å². The third kappa shape index (κ3) is 5.10. The second kappa shape index (κ2) is 10.1. The van der Waals surface area contributed by atoms with Gasteiger partial charge in [0.2, 0.25) is 5.91 Å². The molecule has 0 saturated carbocycles. The number of hydrogen-bond donors (Lipinski definition) is 1. The summed E-state index contributed by atoms with van der Waals surface area (Å²) in [7, 11) is 0. The van der Waals surface area contributed by atoms with Gasteiger partial charge in [-0.2, -0.15) is 0 Å². The highest BCUT2D eigenvalue weighted by molar-refractivity contribution is 5.88. The van der Waals surface area contributed by atoms with E-state index >= 15 is 0 Å². The number of amides is 1. The molecule has 0 spiro atoms. The lowest BCUT2D eigenvalue weighted by Crippen LogP contribution is -2.31. The Balaban J connectivity index is 1.63. The van der Waals surface area contributed by atoms with Gasteiger partial charge < -0.3 is 14.7 Å². The average molecular weight is 415 g/mol. The van der Waals surface area contributed by atoms with Crippen molar-refractivity contribution in [1.82, 2.24) is 24.9 Å². The zero-order valence-corrected chi connectivity index (χ0v) is 17.2. The number of hydrogen-bond acceptors (Lipinski definition) is 6. The number of aromatic nitrogens is 3. The Bertz CT molecular complexity index is 1040. The number of nitrogens with one attached hydrogen (secondary N) is 1. The van der Waals surface area contributed by atoms with Gasteiger partial charge in [0.25, 0.3) is 11.3 Å². The van der Waals surface area contributed by atoms with Crippen LogP contribution in [-0.2, 0) is 11.3 Å². The summed E-state index contributed by atoms with van der Waals surface area (Å²) in [5.74, 6) is -0.504. The molecule has 0 aliphatic carbocycles. The number of halogens is 1. The minimum atomic E-state index is -0.384. The van der Waals surface area contributed by atoms with Gasteiger partial charge in [-0.05, 0) is 50.3 Å². The van der Waals surface area contributed by atoms with Crippen LogP contribution in [-0.4, -0.2) is 51.7 Å². The normalized spacial score (nSPS) is 11.3. The standard InChI is InChI=1S/C21H26FN5O3/c1-3-26(4-2)12-5-11-23-17(28)10-13-27-14-24-20-18(21(27)29)19(25-30-20)15-6-8-16(22)9-7-15/h6-9,14H,3-5,10-13H2,1-2H3,(H,23,28). The van der Waals surface area contributed by atoms with Crippen LogP contribution in [0.3, 0.4) is 0 Å². The lowest BCUT2D eigenvalue weighted by atomic mass is 10.1. The highest BCUT2D eigenvalue weighted by Gasteiger charge is 2.17. The number of carbonyl (C=O) groups excluding carboxylic acids is 1. The maximum atomic E-state index is 13.2. The molecule has 2 heterocycles. The second-order valence-electron chi connectivity index (χ2n) is 6.94. The summed E-state index contributed by atoms with van der Waals surface area (Å²) < 4.78 is 19.7. The second-order valence-corrected chi connectivity index (χ2v) is 6.94. The Morgan fingerprint density at radius 3 is 2.67 bits per heavy atom. The maximum Gasteiger partial charge on any atom is 0.266 e. The number of nitrogens with zero attached hydrogens (tertiary/aromatic N) is 4.